The van der Waals surface area contributed by atoms with E-state index in [1.807, 2.05) is 13.8 Å². The highest BCUT2D eigenvalue weighted by molar-refractivity contribution is 7.89. The second-order valence-electron chi connectivity index (χ2n) is 5.24. The number of hydrogen-bond acceptors (Lipinski definition) is 4. The second-order valence-corrected chi connectivity index (χ2v) is 7.12. The lowest BCUT2D eigenvalue weighted by Gasteiger charge is -2.23. The van der Waals surface area contributed by atoms with E-state index in [4.69, 9.17) is 10.5 Å². The van der Waals surface area contributed by atoms with E-state index >= 15 is 0 Å². The molecule has 0 amide bonds. The number of ether oxygens (including phenoxy) is 1. The predicted molar refractivity (Wildman–Crippen MR) is 72.8 cm³/mol. The minimum absolute atomic E-state index is 0.00833. The quantitative estimate of drug-likeness (QED) is 0.689. The Balaban J connectivity index is 2.41. The van der Waals surface area contributed by atoms with Crippen LogP contribution in [0, 0.1) is 5.92 Å². The van der Waals surface area contributed by atoms with Crippen LogP contribution in [0.2, 0.25) is 0 Å². The van der Waals surface area contributed by atoms with Gasteiger partial charge >= 0.3 is 0 Å². The SMILES string of the molecule is CC(C)OCCS(=O)(=O)NC(CN)C1CCCC1. The molecule has 0 aliphatic heterocycles. The Morgan fingerprint density at radius 1 is 1.33 bits per heavy atom. The molecular weight excluding hydrogens is 252 g/mol. The number of sulfonamides is 1. The third-order valence-corrected chi connectivity index (χ3v) is 4.72. The first-order valence-electron chi connectivity index (χ1n) is 6.76. The molecule has 1 saturated carbocycles. The van der Waals surface area contributed by atoms with E-state index in [0.717, 1.165) is 12.8 Å². The molecule has 0 aromatic heterocycles. The van der Waals surface area contributed by atoms with Crippen molar-refractivity contribution in [3.63, 3.8) is 0 Å². The van der Waals surface area contributed by atoms with Crippen molar-refractivity contribution in [2.24, 2.45) is 11.7 Å². The maximum absolute atomic E-state index is 11.9. The Morgan fingerprint density at radius 3 is 2.44 bits per heavy atom. The third-order valence-electron chi connectivity index (χ3n) is 3.36. The summed E-state index contributed by atoms with van der Waals surface area (Å²) in [6.07, 6.45) is 4.57. The molecule has 0 heterocycles. The summed E-state index contributed by atoms with van der Waals surface area (Å²) < 4.78 is 31.8. The van der Waals surface area contributed by atoms with Gasteiger partial charge in [0.05, 0.1) is 18.5 Å². The van der Waals surface area contributed by atoms with Crippen molar-refractivity contribution >= 4 is 10.0 Å². The van der Waals surface area contributed by atoms with Crippen LogP contribution in [-0.2, 0) is 14.8 Å². The largest absolute Gasteiger partial charge is 0.378 e. The topological polar surface area (TPSA) is 81.4 Å². The van der Waals surface area contributed by atoms with Gasteiger partial charge in [-0.2, -0.15) is 0 Å². The van der Waals surface area contributed by atoms with Gasteiger partial charge in [0.1, 0.15) is 0 Å². The molecule has 0 saturated heterocycles. The van der Waals surface area contributed by atoms with E-state index in [0.29, 0.717) is 12.5 Å². The number of nitrogens with two attached hydrogens (primary N) is 1. The molecule has 1 atom stereocenters. The third kappa shape index (κ3) is 5.65. The Hall–Kier alpha value is -0.170. The molecule has 1 unspecified atom stereocenters. The molecule has 5 nitrogen and oxygen atoms in total. The lowest BCUT2D eigenvalue weighted by Crippen LogP contribution is -2.45. The fourth-order valence-electron chi connectivity index (χ4n) is 2.38. The monoisotopic (exact) mass is 278 g/mol. The number of nitrogens with one attached hydrogen (secondary N) is 1. The maximum Gasteiger partial charge on any atom is 0.214 e. The number of rotatable bonds is 8. The normalized spacial score (nSPS) is 19.6. The van der Waals surface area contributed by atoms with E-state index in [1.165, 1.54) is 12.8 Å². The van der Waals surface area contributed by atoms with Crippen molar-refractivity contribution in [2.75, 3.05) is 18.9 Å². The molecule has 0 radical (unpaired) electrons. The summed E-state index contributed by atoms with van der Waals surface area (Å²) in [6, 6.07) is -0.114. The smallest absolute Gasteiger partial charge is 0.214 e. The summed E-state index contributed by atoms with van der Waals surface area (Å²) in [4.78, 5) is 0. The van der Waals surface area contributed by atoms with Crippen molar-refractivity contribution in [2.45, 2.75) is 51.7 Å². The first-order valence-corrected chi connectivity index (χ1v) is 8.41. The van der Waals surface area contributed by atoms with Gasteiger partial charge in [-0.3, -0.25) is 0 Å². The summed E-state index contributed by atoms with van der Waals surface area (Å²) in [5.74, 6) is 0.407. The average Bonchev–Trinajstić information content (AvgIpc) is 2.78. The minimum atomic E-state index is -3.28. The van der Waals surface area contributed by atoms with Crippen LogP contribution in [0.1, 0.15) is 39.5 Å². The van der Waals surface area contributed by atoms with Crippen molar-refractivity contribution in [3.8, 4) is 0 Å². The van der Waals surface area contributed by atoms with Crippen LogP contribution in [0.4, 0.5) is 0 Å². The molecule has 108 valence electrons. The van der Waals surface area contributed by atoms with Crippen molar-refractivity contribution in [3.05, 3.63) is 0 Å². The molecule has 1 aliphatic carbocycles. The highest BCUT2D eigenvalue weighted by atomic mass is 32.2. The Morgan fingerprint density at radius 2 is 1.94 bits per heavy atom. The van der Waals surface area contributed by atoms with E-state index in [1.54, 1.807) is 0 Å². The van der Waals surface area contributed by atoms with Gasteiger partial charge in [0, 0.05) is 12.6 Å². The molecule has 3 N–H and O–H groups in total. The lowest BCUT2D eigenvalue weighted by atomic mass is 9.99. The van der Waals surface area contributed by atoms with Crippen molar-refractivity contribution < 1.29 is 13.2 Å². The van der Waals surface area contributed by atoms with Crippen LogP contribution in [0.5, 0.6) is 0 Å². The molecule has 1 aliphatic rings. The molecule has 0 spiro atoms. The van der Waals surface area contributed by atoms with Crippen LogP contribution in [0.15, 0.2) is 0 Å². The minimum Gasteiger partial charge on any atom is -0.378 e. The standard InChI is InChI=1S/C12H26N2O3S/c1-10(2)17-7-8-18(15,16)14-12(9-13)11-5-3-4-6-11/h10-12,14H,3-9,13H2,1-2H3. The number of hydrogen-bond donors (Lipinski definition) is 2. The highest BCUT2D eigenvalue weighted by Crippen LogP contribution is 2.27. The molecule has 18 heavy (non-hydrogen) atoms. The second kappa shape index (κ2) is 7.43. The first-order chi connectivity index (χ1) is 8.44. The average molecular weight is 278 g/mol. The van der Waals surface area contributed by atoms with Gasteiger partial charge in [-0.25, -0.2) is 13.1 Å². The van der Waals surface area contributed by atoms with Crippen LogP contribution in [0.3, 0.4) is 0 Å². The predicted octanol–water partition coefficient (Wildman–Crippen LogP) is 0.848. The molecule has 0 aromatic rings. The van der Waals surface area contributed by atoms with Gasteiger partial charge in [-0.05, 0) is 32.6 Å². The molecule has 1 rings (SSSR count). The fraction of sp³-hybridized carbons (Fsp3) is 1.00. The Kier molecular flexibility index (Phi) is 6.55. The van der Waals surface area contributed by atoms with E-state index in [9.17, 15) is 8.42 Å². The van der Waals surface area contributed by atoms with Gasteiger partial charge in [-0.1, -0.05) is 12.8 Å². The van der Waals surface area contributed by atoms with Gasteiger partial charge in [0.25, 0.3) is 0 Å². The Bertz CT molecular complexity index is 324. The van der Waals surface area contributed by atoms with Crippen LogP contribution >= 0.6 is 0 Å². The van der Waals surface area contributed by atoms with Crippen LogP contribution < -0.4 is 10.5 Å². The van der Waals surface area contributed by atoms with Crippen molar-refractivity contribution in [1.29, 1.82) is 0 Å². The Labute approximate surface area is 111 Å². The van der Waals surface area contributed by atoms with Gasteiger partial charge < -0.3 is 10.5 Å². The van der Waals surface area contributed by atoms with Gasteiger partial charge in [0.2, 0.25) is 10.0 Å². The zero-order chi connectivity index (χ0) is 13.6. The molecule has 6 heteroatoms. The molecule has 0 bridgehead atoms. The van der Waals surface area contributed by atoms with Crippen LogP contribution in [0.25, 0.3) is 0 Å². The summed E-state index contributed by atoms with van der Waals surface area (Å²) in [6.45, 7) is 4.38. The molecule has 0 aromatic carbocycles. The zero-order valence-corrected chi connectivity index (χ0v) is 12.2. The summed E-state index contributed by atoms with van der Waals surface area (Å²) in [5.41, 5.74) is 5.68. The lowest BCUT2D eigenvalue weighted by molar-refractivity contribution is 0.0911. The van der Waals surface area contributed by atoms with E-state index in [2.05, 4.69) is 4.72 Å². The van der Waals surface area contributed by atoms with E-state index < -0.39 is 10.0 Å². The zero-order valence-electron chi connectivity index (χ0n) is 11.4. The summed E-state index contributed by atoms with van der Waals surface area (Å²) >= 11 is 0. The van der Waals surface area contributed by atoms with Crippen LogP contribution in [-0.4, -0.2) is 39.5 Å². The molecule has 1 fully saturated rings. The van der Waals surface area contributed by atoms with Gasteiger partial charge in [0.15, 0.2) is 0 Å². The highest BCUT2D eigenvalue weighted by Gasteiger charge is 2.27. The first kappa shape index (κ1) is 15.9. The van der Waals surface area contributed by atoms with Gasteiger partial charge in [-0.15, -0.1) is 0 Å². The fourth-order valence-corrected chi connectivity index (χ4v) is 3.56. The summed E-state index contributed by atoms with van der Waals surface area (Å²) in [5, 5.41) is 0. The molecular formula is C12H26N2O3S. The van der Waals surface area contributed by atoms with E-state index in [-0.39, 0.29) is 24.5 Å². The summed E-state index contributed by atoms with van der Waals surface area (Å²) in [7, 11) is -3.28. The van der Waals surface area contributed by atoms with Crippen molar-refractivity contribution in [1.82, 2.24) is 4.72 Å². The maximum atomic E-state index is 11.9.